The first-order chi connectivity index (χ1) is 9.07. The third-order valence-electron chi connectivity index (χ3n) is 2.79. The van der Waals surface area contributed by atoms with Gasteiger partial charge in [-0.05, 0) is 12.8 Å². The van der Waals surface area contributed by atoms with Crippen molar-refractivity contribution in [2.75, 3.05) is 7.05 Å². The van der Waals surface area contributed by atoms with Crippen molar-refractivity contribution >= 4 is 23.7 Å². The number of likely N-dealkylation sites (N-methyl/N-ethyl adjacent to an activating group) is 1. The van der Waals surface area contributed by atoms with Crippen molar-refractivity contribution in [2.24, 2.45) is 5.92 Å². The van der Waals surface area contributed by atoms with Gasteiger partial charge in [0.1, 0.15) is 12.1 Å². The number of amides is 2. The molecule has 114 valence electrons. The Morgan fingerprint density at radius 3 is 2.05 bits per heavy atom. The fourth-order valence-corrected chi connectivity index (χ4v) is 1.63. The van der Waals surface area contributed by atoms with Gasteiger partial charge in [0.05, 0.1) is 0 Å². The van der Waals surface area contributed by atoms with Gasteiger partial charge in [-0.1, -0.05) is 13.8 Å². The molecule has 0 aliphatic heterocycles. The van der Waals surface area contributed by atoms with Gasteiger partial charge in [-0.25, -0.2) is 0 Å². The van der Waals surface area contributed by atoms with Gasteiger partial charge in [0.15, 0.2) is 5.96 Å². The Balaban J connectivity index is 4.74. The van der Waals surface area contributed by atoms with Crippen LogP contribution in [0.25, 0.3) is 0 Å². The van der Waals surface area contributed by atoms with E-state index in [-0.39, 0.29) is 11.8 Å². The van der Waals surface area contributed by atoms with E-state index in [1.54, 1.807) is 13.8 Å². The topological polar surface area (TPSA) is 123 Å². The third kappa shape index (κ3) is 5.25. The zero-order chi connectivity index (χ0) is 16.0. The molecule has 0 unspecified atom stereocenters. The van der Waals surface area contributed by atoms with Crippen LogP contribution in [-0.2, 0) is 14.4 Å². The molecule has 0 bridgehead atoms. The van der Waals surface area contributed by atoms with Crippen LogP contribution in [0.5, 0.6) is 0 Å². The molecular formula is C12H22N4O4. The van der Waals surface area contributed by atoms with Crippen molar-refractivity contribution in [3.8, 4) is 0 Å². The van der Waals surface area contributed by atoms with Crippen LogP contribution in [0.4, 0.5) is 0 Å². The van der Waals surface area contributed by atoms with E-state index in [1.807, 2.05) is 0 Å². The molecule has 0 radical (unpaired) electrons. The molecular weight excluding hydrogens is 264 g/mol. The van der Waals surface area contributed by atoms with E-state index >= 15 is 0 Å². The van der Waals surface area contributed by atoms with E-state index in [4.69, 9.17) is 10.5 Å². The number of carbonyl (C=O) groups excluding carboxylic acids is 2. The number of carboxylic acid groups (broad SMARTS) is 1. The number of nitrogens with zero attached hydrogens (tertiary/aromatic N) is 1. The van der Waals surface area contributed by atoms with Crippen LogP contribution in [0, 0.1) is 11.3 Å². The molecule has 0 saturated heterocycles. The molecule has 0 aromatic carbocycles. The largest absolute Gasteiger partial charge is 0.480 e. The maximum Gasteiger partial charge on any atom is 0.325 e. The predicted molar refractivity (Wildman–Crippen MR) is 73.2 cm³/mol. The first kappa shape index (κ1) is 17.9. The van der Waals surface area contributed by atoms with Gasteiger partial charge in [-0.2, -0.15) is 0 Å². The maximum atomic E-state index is 12.1. The molecule has 0 fully saturated rings. The Kier molecular flexibility index (Phi) is 6.67. The van der Waals surface area contributed by atoms with Gasteiger partial charge in [-0.15, -0.1) is 0 Å². The van der Waals surface area contributed by atoms with Gasteiger partial charge in [0.2, 0.25) is 11.8 Å². The van der Waals surface area contributed by atoms with E-state index in [2.05, 4.69) is 10.6 Å². The molecule has 0 rings (SSSR count). The minimum atomic E-state index is -1.13. The molecule has 8 heteroatoms. The van der Waals surface area contributed by atoms with Crippen molar-refractivity contribution in [2.45, 2.75) is 39.8 Å². The zero-order valence-electron chi connectivity index (χ0n) is 12.4. The summed E-state index contributed by atoms with van der Waals surface area (Å²) in [7, 11) is 1.50. The number of aliphatic carboxylic acids is 1. The number of hydrogen-bond donors (Lipinski definition) is 4. The summed E-state index contributed by atoms with van der Waals surface area (Å²) >= 11 is 0. The second-order valence-electron chi connectivity index (χ2n) is 4.89. The van der Waals surface area contributed by atoms with Gasteiger partial charge in [-0.3, -0.25) is 25.1 Å². The first-order valence-corrected chi connectivity index (χ1v) is 6.20. The van der Waals surface area contributed by atoms with Crippen molar-refractivity contribution < 1.29 is 19.5 Å². The van der Waals surface area contributed by atoms with Crippen molar-refractivity contribution in [3.63, 3.8) is 0 Å². The van der Waals surface area contributed by atoms with Crippen LogP contribution in [0.2, 0.25) is 0 Å². The van der Waals surface area contributed by atoms with Gasteiger partial charge in [0.25, 0.3) is 0 Å². The zero-order valence-corrected chi connectivity index (χ0v) is 12.4. The van der Waals surface area contributed by atoms with Gasteiger partial charge >= 0.3 is 5.97 Å². The monoisotopic (exact) mass is 286 g/mol. The number of rotatable bonds is 5. The summed E-state index contributed by atoms with van der Waals surface area (Å²) in [5.74, 6) is -2.49. The third-order valence-corrected chi connectivity index (χ3v) is 2.79. The summed E-state index contributed by atoms with van der Waals surface area (Å²) in [6.45, 7) is 6.25. The Hall–Kier alpha value is -2.12. The smallest absolute Gasteiger partial charge is 0.325 e. The molecule has 0 aromatic heterocycles. The van der Waals surface area contributed by atoms with E-state index in [0.29, 0.717) is 0 Å². The highest BCUT2D eigenvalue weighted by atomic mass is 16.4. The molecule has 2 atom stereocenters. The molecule has 0 spiro atoms. The number of carboxylic acids is 1. The normalized spacial score (nSPS) is 13.3. The second-order valence-corrected chi connectivity index (χ2v) is 4.89. The number of carbonyl (C=O) groups is 3. The summed E-state index contributed by atoms with van der Waals surface area (Å²) < 4.78 is 0. The molecule has 0 aliphatic carbocycles. The fraction of sp³-hybridized carbons (Fsp3) is 0.667. The Labute approximate surface area is 118 Å². The summed E-state index contributed by atoms with van der Waals surface area (Å²) in [6.07, 6.45) is 0. The van der Waals surface area contributed by atoms with Crippen molar-refractivity contribution in [1.82, 2.24) is 15.5 Å². The number of nitrogens with one attached hydrogen (secondary N) is 3. The average molecular weight is 286 g/mol. The molecule has 2 amide bonds. The minimum absolute atomic E-state index is 0.145. The maximum absolute atomic E-state index is 12.1. The van der Waals surface area contributed by atoms with Crippen LogP contribution in [-0.4, -0.2) is 52.9 Å². The lowest BCUT2D eigenvalue weighted by Gasteiger charge is -2.29. The number of guanidine groups is 1. The minimum Gasteiger partial charge on any atom is -0.480 e. The quantitative estimate of drug-likeness (QED) is 0.404. The standard InChI is InChI=1S/C12H22N4O4/c1-6(2)9(16(5)8(4)17)10(18)15-12(13)14-7(3)11(19)20/h6-7,9H,1-5H3,(H,19,20)(H3,13,14,15,18)/t7-,9-/m0/s1. The molecule has 4 N–H and O–H groups in total. The molecule has 20 heavy (non-hydrogen) atoms. The van der Waals surface area contributed by atoms with Gasteiger partial charge in [0, 0.05) is 14.0 Å². The van der Waals surface area contributed by atoms with Crippen LogP contribution in [0.1, 0.15) is 27.7 Å². The first-order valence-electron chi connectivity index (χ1n) is 6.20. The Bertz CT molecular complexity index is 408. The highest BCUT2D eigenvalue weighted by Gasteiger charge is 2.29. The Morgan fingerprint density at radius 1 is 1.20 bits per heavy atom. The molecule has 0 aromatic rings. The van der Waals surface area contributed by atoms with E-state index in [9.17, 15) is 14.4 Å². The van der Waals surface area contributed by atoms with Crippen LogP contribution in [0.3, 0.4) is 0 Å². The average Bonchev–Trinajstić information content (AvgIpc) is 2.27. The molecule has 0 aliphatic rings. The molecule has 0 saturated carbocycles. The highest BCUT2D eigenvalue weighted by Crippen LogP contribution is 2.09. The summed E-state index contributed by atoms with van der Waals surface area (Å²) in [5.41, 5.74) is 0. The van der Waals surface area contributed by atoms with E-state index in [0.717, 1.165) is 0 Å². The number of hydrogen-bond acceptors (Lipinski definition) is 4. The summed E-state index contributed by atoms with van der Waals surface area (Å²) in [5, 5.41) is 20.8. The van der Waals surface area contributed by atoms with Crippen LogP contribution >= 0.6 is 0 Å². The fourth-order valence-electron chi connectivity index (χ4n) is 1.63. The van der Waals surface area contributed by atoms with Crippen molar-refractivity contribution in [3.05, 3.63) is 0 Å². The molecule has 0 heterocycles. The lowest BCUT2D eigenvalue weighted by atomic mass is 10.0. The van der Waals surface area contributed by atoms with E-state index < -0.39 is 29.9 Å². The van der Waals surface area contributed by atoms with Crippen molar-refractivity contribution in [1.29, 1.82) is 5.41 Å². The van der Waals surface area contributed by atoms with E-state index in [1.165, 1.54) is 25.8 Å². The lowest BCUT2D eigenvalue weighted by Crippen LogP contribution is -2.55. The van der Waals surface area contributed by atoms with Gasteiger partial charge < -0.3 is 15.3 Å². The van der Waals surface area contributed by atoms with Crippen LogP contribution < -0.4 is 10.6 Å². The summed E-state index contributed by atoms with van der Waals surface area (Å²) in [4.78, 5) is 35.3. The summed E-state index contributed by atoms with van der Waals surface area (Å²) in [6, 6.07) is -1.72. The second kappa shape index (κ2) is 7.46. The molecule has 8 nitrogen and oxygen atoms in total. The predicted octanol–water partition coefficient (Wildman–Crippen LogP) is -0.397. The SMILES string of the molecule is CC(=O)N(C)[C@H](C(=O)NC(=N)N[C@@H](C)C(=O)O)C(C)C. The highest BCUT2D eigenvalue weighted by molar-refractivity contribution is 6.00. The van der Waals surface area contributed by atoms with Crippen LogP contribution in [0.15, 0.2) is 0 Å². The Morgan fingerprint density at radius 2 is 1.70 bits per heavy atom. The lowest BCUT2D eigenvalue weighted by molar-refractivity contribution is -0.139.